The summed E-state index contributed by atoms with van der Waals surface area (Å²) in [5.41, 5.74) is 0. The van der Waals surface area contributed by atoms with Crippen molar-refractivity contribution in [2.24, 2.45) is 0 Å². The highest BCUT2D eigenvalue weighted by Gasteiger charge is 2.18. The molecule has 1 rings (SSSR count). The molecule has 5 nitrogen and oxygen atoms in total. The highest BCUT2D eigenvalue weighted by Crippen LogP contribution is 2.10. The number of alkyl halides is 1. The largest absolute Gasteiger partial charge is 0.467 e. The van der Waals surface area contributed by atoms with Gasteiger partial charge in [0.2, 0.25) is 0 Å². The topological polar surface area (TPSA) is 68.5 Å². The van der Waals surface area contributed by atoms with E-state index in [2.05, 4.69) is 10.1 Å². The Morgan fingerprint density at radius 2 is 2.25 bits per heavy atom. The highest BCUT2D eigenvalue weighted by atomic mass is 35.5. The smallest absolute Gasteiger partial charge is 0.328 e. The first-order valence-corrected chi connectivity index (χ1v) is 5.15. The first kappa shape index (κ1) is 12.6. The molecule has 1 N–H and O–H groups in total. The van der Waals surface area contributed by atoms with Gasteiger partial charge in [-0.25, -0.2) is 4.79 Å². The van der Waals surface area contributed by atoms with Crippen LogP contribution in [0.4, 0.5) is 0 Å². The van der Waals surface area contributed by atoms with Crippen LogP contribution in [-0.2, 0) is 15.4 Å². The third-order valence-corrected chi connectivity index (χ3v) is 2.18. The number of carbonyl (C=O) groups excluding carboxylic acids is 2. The zero-order valence-corrected chi connectivity index (χ0v) is 9.71. The molecule has 0 aliphatic rings. The van der Waals surface area contributed by atoms with Gasteiger partial charge in [0.05, 0.1) is 13.0 Å². The van der Waals surface area contributed by atoms with Crippen molar-refractivity contribution in [3.8, 4) is 0 Å². The summed E-state index contributed by atoms with van der Waals surface area (Å²) in [5, 5.41) is 2.43. The number of methoxy groups -OCH3 is 1. The molecule has 0 fully saturated rings. The minimum Gasteiger partial charge on any atom is -0.467 e. The fraction of sp³-hybridized carbons (Fsp3) is 0.400. The molecule has 1 aromatic heterocycles. The van der Waals surface area contributed by atoms with Crippen LogP contribution in [0.5, 0.6) is 0 Å². The second-order valence-corrected chi connectivity index (χ2v) is 3.39. The molecule has 0 spiro atoms. The fourth-order valence-electron chi connectivity index (χ4n) is 1.08. The maximum atomic E-state index is 11.5. The lowest BCUT2D eigenvalue weighted by Crippen LogP contribution is -2.38. The van der Waals surface area contributed by atoms with E-state index < -0.39 is 17.9 Å². The first-order valence-electron chi connectivity index (χ1n) is 4.62. The van der Waals surface area contributed by atoms with Gasteiger partial charge in [0.15, 0.2) is 5.76 Å². The Bertz CT molecular complexity index is 388. The molecule has 1 unspecified atom stereocenters. The molecule has 0 saturated carbocycles. The van der Waals surface area contributed by atoms with Crippen molar-refractivity contribution >= 4 is 23.5 Å². The number of hydrogen-bond donors (Lipinski definition) is 1. The van der Waals surface area contributed by atoms with Crippen LogP contribution in [0.2, 0.25) is 0 Å². The zero-order valence-electron chi connectivity index (χ0n) is 8.95. The average molecular weight is 246 g/mol. The van der Waals surface area contributed by atoms with E-state index >= 15 is 0 Å². The standard InChI is InChI=1S/C10H12ClNO4/c1-6(10(14)15-2)12-9(13)8-4-3-7(5-11)16-8/h3-4,6H,5H2,1-2H3,(H,12,13). The minimum absolute atomic E-state index is 0.117. The first-order chi connectivity index (χ1) is 7.58. The maximum absolute atomic E-state index is 11.5. The van der Waals surface area contributed by atoms with E-state index in [0.717, 1.165) is 0 Å². The van der Waals surface area contributed by atoms with Crippen LogP contribution in [0.25, 0.3) is 0 Å². The molecular formula is C10H12ClNO4. The average Bonchev–Trinajstić information content (AvgIpc) is 2.76. The third kappa shape index (κ3) is 3.00. The number of hydrogen-bond acceptors (Lipinski definition) is 4. The molecule has 0 aliphatic carbocycles. The number of furan rings is 1. The predicted molar refractivity (Wildman–Crippen MR) is 57.2 cm³/mol. The Balaban J connectivity index is 2.61. The van der Waals surface area contributed by atoms with E-state index in [1.165, 1.54) is 20.1 Å². The van der Waals surface area contributed by atoms with Gasteiger partial charge in [0, 0.05) is 0 Å². The molecule has 0 radical (unpaired) electrons. The number of nitrogens with one attached hydrogen (secondary N) is 1. The van der Waals surface area contributed by atoms with Gasteiger partial charge in [-0.1, -0.05) is 0 Å². The Kier molecular flexibility index (Phi) is 4.37. The molecule has 6 heteroatoms. The van der Waals surface area contributed by atoms with Crippen LogP contribution in [0, 0.1) is 0 Å². The summed E-state index contributed by atoms with van der Waals surface area (Å²) in [5.74, 6) is -0.185. The van der Waals surface area contributed by atoms with Crippen molar-refractivity contribution in [1.29, 1.82) is 0 Å². The molecule has 0 bridgehead atoms. The highest BCUT2D eigenvalue weighted by molar-refractivity contribution is 6.16. The molecule has 0 aromatic carbocycles. The number of carbonyl (C=O) groups is 2. The lowest BCUT2D eigenvalue weighted by atomic mass is 10.3. The number of amides is 1. The number of rotatable bonds is 4. The van der Waals surface area contributed by atoms with E-state index in [0.29, 0.717) is 5.76 Å². The van der Waals surface area contributed by atoms with Crippen LogP contribution in [0.15, 0.2) is 16.5 Å². The van der Waals surface area contributed by atoms with Gasteiger partial charge in [-0.2, -0.15) is 0 Å². The molecule has 1 aromatic rings. The van der Waals surface area contributed by atoms with Gasteiger partial charge in [-0.05, 0) is 19.1 Å². The minimum atomic E-state index is -0.720. The van der Waals surface area contributed by atoms with E-state index in [-0.39, 0.29) is 11.6 Å². The van der Waals surface area contributed by atoms with Crippen LogP contribution in [0.1, 0.15) is 23.2 Å². The van der Waals surface area contributed by atoms with Gasteiger partial charge in [-0.15, -0.1) is 11.6 Å². The van der Waals surface area contributed by atoms with Crippen molar-refractivity contribution < 1.29 is 18.7 Å². The molecule has 1 amide bonds. The van der Waals surface area contributed by atoms with Gasteiger partial charge in [0.25, 0.3) is 5.91 Å². The SMILES string of the molecule is COC(=O)C(C)NC(=O)c1ccc(CCl)o1. The molecule has 88 valence electrons. The zero-order chi connectivity index (χ0) is 12.1. The predicted octanol–water partition coefficient (Wildman–Crippen LogP) is 1.31. The van der Waals surface area contributed by atoms with Gasteiger partial charge in [-0.3, -0.25) is 4.79 Å². The third-order valence-electron chi connectivity index (χ3n) is 1.92. The summed E-state index contributed by atoms with van der Waals surface area (Å²) in [4.78, 5) is 22.6. The van der Waals surface area contributed by atoms with Crippen molar-refractivity contribution in [1.82, 2.24) is 5.32 Å². The Labute approximate surface area is 97.7 Å². The van der Waals surface area contributed by atoms with E-state index in [4.69, 9.17) is 16.0 Å². The summed E-state index contributed by atoms with van der Waals surface area (Å²) in [7, 11) is 1.25. The van der Waals surface area contributed by atoms with Crippen LogP contribution in [0.3, 0.4) is 0 Å². The van der Waals surface area contributed by atoms with Gasteiger partial charge < -0.3 is 14.5 Å². The lowest BCUT2D eigenvalue weighted by Gasteiger charge is -2.09. The van der Waals surface area contributed by atoms with Gasteiger partial charge in [0.1, 0.15) is 11.8 Å². The summed E-state index contributed by atoms with van der Waals surface area (Å²) in [6, 6.07) is 2.38. The van der Waals surface area contributed by atoms with Crippen LogP contribution in [-0.4, -0.2) is 25.0 Å². The number of ether oxygens (including phenoxy) is 1. The second kappa shape index (κ2) is 5.55. The molecule has 0 aliphatic heterocycles. The normalized spacial score (nSPS) is 11.9. The fourth-order valence-corrected chi connectivity index (χ4v) is 1.22. The maximum Gasteiger partial charge on any atom is 0.328 e. The number of esters is 1. The monoisotopic (exact) mass is 245 g/mol. The van der Waals surface area contributed by atoms with Gasteiger partial charge >= 0.3 is 5.97 Å². The molecule has 1 atom stereocenters. The lowest BCUT2D eigenvalue weighted by molar-refractivity contribution is -0.142. The van der Waals surface area contributed by atoms with Crippen molar-refractivity contribution in [2.45, 2.75) is 18.8 Å². The van der Waals surface area contributed by atoms with E-state index in [1.807, 2.05) is 0 Å². The summed E-state index contributed by atoms with van der Waals surface area (Å²) < 4.78 is 9.58. The quantitative estimate of drug-likeness (QED) is 0.642. The molecule has 1 heterocycles. The summed E-state index contributed by atoms with van der Waals surface area (Å²) in [6.07, 6.45) is 0. The Morgan fingerprint density at radius 1 is 1.56 bits per heavy atom. The van der Waals surface area contributed by atoms with Crippen molar-refractivity contribution in [3.63, 3.8) is 0 Å². The second-order valence-electron chi connectivity index (χ2n) is 3.12. The van der Waals surface area contributed by atoms with E-state index in [9.17, 15) is 9.59 Å². The Hall–Kier alpha value is -1.49. The number of halogens is 1. The molecule has 16 heavy (non-hydrogen) atoms. The van der Waals surface area contributed by atoms with Crippen LogP contribution >= 0.6 is 11.6 Å². The van der Waals surface area contributed by atoms with E-state index in [1.54, 1.807) is 6.07 Å². The summed E-state index contributed by atoms with van der Waals surface area (Å²) >= 11 is 5.52. The Morgan fingerprint density at radius 3 is 2.75 bits per heavy atom. The molecular weight excluding hydrogens is 234 g/mol. The van der Waals surface area contributed by atoms with Crippen LogP contribution < -0.4 is 5.32 Å². The molecule has 0 saturated heterocycles. The van der Waals surface area contributed by atoms with Crippen molar-refractivity contribution in [2.75, 3.05) is 7.11 Å². The van der Waals surface area contributed by atoms with Crippen molar-refractivity contribution in [3.05, 3.63) is 23.7 Å². The summed E-state index contributed by atoms with van der Waals surface area (Å²) in [6.45, 7) is 1.52.